The molecule has 3 heterocycles. The van der Waals surface area contributed by atoms with E-state index in [0.29, 0.717) is 30.2 Å². The molecule has 0 spiro atoms. The predicted molar refractivity (Wildman–Crippen MR) is 133 cm³/mol. The lowest BCUT2D eigenvalue weighted by Gasteiger charge is -2.27. The fourth-order valence-corrected chi connectivity index (χ4v) is 5.32. The first-order chi connectivity index (χ1) is 16.9. The Morgan fingerprint density at radius 3 is 2.63 bits per heavy atom. The van der Waals surface area contributed by atoms with Crippen molar-refractivity contribution in [1.82, 2.24) is 19.8 Å². The number of rotatable bonds is 6. The van der Waals surface area contributed by atoms with E-state index >= 15 is 0 Å². The molecule has 2 aromatic heterocycles. The summed E-state index contributed by atoms with van der Waals surface area (Å²) < 4.78 is 36.5. The van der Waals surface area contributed by atoms with Crippen LogP contribution >= 0.6 is 0 Å². The van der Waals surface area contributed by atoms with Gasteiger partial charge in [0.15, 0.2) is 0 Å². The Balaban J connectivity index is 1.43. The molecule has 0 aliphatic carbocycles. The van der Waals surface area contributed by atoms with Gasteiger partial charge in [-0.3, -0.25) is 14.5 Å². The van der Waals surface area contributed by atoms with Gasteiger partial charge >= 0.3 is 0 Å². The van der Waals surface area contributed by atoms with E-state index in [1.54, 1.807) is 42.6 Å². The van der Waals surface area contributed by atoms with Crippen LogP contribution in [0.1, 0.15) is 10.5 Å². The Kier molecular flexibility index (Phi) is 6.14. The van der Waals surface area contributed by atoms with E-state index in [-0.39, 0.29) is 16.6 Å². The Labute approximate surface area is 203 Å². The molecular weight excluding hydrogens is 466 g/mol. The predicted octanol–water partition coefficient (Wildman–Crippen LogP) is 3.21. The van der Waals surface area contributed by atoms with Crippen molar-refractivity contribution in [2.45, 2.75) is 4.90 Å². The molecule has 0 unspecified atom stereocenters. The van der Waals surface area contributed by atoms with E-state index in [1.807, 2.05) is 34.7 Å². The van der Waals surface area contributed by atoms with Gasteiger partial charge in [0.1, 0.15) is 22.1 Å². The molecule has 0 radical (unpaired) electrons. The van der Waals surface area contributed by atoms with Crippen molar-refractivity contribution < 1.29 is 17.9 Å². The summed E-state index contributed by atoms with van der Waals surface area (Å²) in [5.74, 6) is 0.648. The average Bonchev–Trinajstić information content (AvgIpc) is 3.20. The molecule has 180 valence electrons. The number of para-hydroxylation sites is 1. The van der Waals surface area contributed by atoms with Crippen LogP contribution in [0.4, 0.5) is 5.69 Å². The topological polar surface area (TPSA) is 106 Å². The number of piperazine rings is 1. The van der Waals surface area contributed by atoms with Crippen molar-refractivity contribution in [3.8, 4) is 11.5 Å². The van der Waals surface area contributed by atoms with Crippen molar-refractivity contribution in [2.24, 2.45) is 7.05 Å². The average molecular weight is 492 g/mol. The molecule has 0 atom stereocenters. The Hall–Kier alpha value is -3.89. The van der Waals surface area contributed by atoms with E-state index < -0.39 is 10.0 Å². The maximum absolute atomic E-state index is 13.0. The van der Waals surface area contributed by atoms with Crippen LogP contribution < -0.4 is 14.8 Å². The van der Waals surface area contributed by atoms with Crippen LogP contribution in [0, 0.1) is 0 Å². The summed E-state index contributed by atoms with van der Waals surface area (Å²) in [5.41, 5.74) is 1.84. The van der Waals surface area contributed by atoms with Gasteiger partial charge in [0, 0.05) is 50.3 Å². The summed E-state index contributed by atoms with van der Waals surface area (Å²) in [5, 5.41) is 4.08. The maximum atomic E-state index is 13.0. The van der Waals surface area contributed by atoms with Gasteiger partial charge in [-0.1, -0.05) is 12.1 Å². The molecule has 1 aliphatic rings. The van der Waals surface area contributed by atoms with Gasteiger partial charge in [-0.2, -0.15) is 0 Å². The van der Waals surface area contributed by atoms with Gasteiger partial charge in [-0.15, -0.1) is 0 Å². The largest absolute Gasteiger partial charge is 0.456 e. The number of amides is 1. The number of fused-ring (bicyclic) bond motifs is 1. The second-order valence-electron chi connectivity index (χ2n) is 8.25. The van der Waals surface area contributed by atoms with Crippen LogP contribution in [0.15, 0.2) is 78.0 Å². The molecule has 35 heavy (non-hydrogen) atoms. The molecule has 10 heteroatoms. The van der Waals surface area contributed by atoms with Gasteiger partial charge < -0.3 is 19.5 Å². The number of aromatic nitrogens is 2. The highest BCUT2D eigenvalue weighted by atomic mass is 32.2. The zero-order chi connectivity index (χ0) is 24.4. The Morgan fingerprint density at radius 2 is 1.86 bits per heavy atom. The first kappa shape index (κ1) is 22.9. The van der Waals surface area contributed by atoms with Gasteiger partial charge in [0.05, 0.1) is 11.9 Å². The monoisotopic (exact) mass is 491 g/mol. The molecule has 2 N–H and O–H groups in total. The number of sulfonamides is 1. The summed E-state index contributed by atoms with van der Waals surface area (Å²) in [6.45, 7) is 2.91. The zero-order valence-electron chi connectivity index (χ0n) is 19.1. The van der Waals surface area contributed by atoms with Crippen LogP contribution in [0.3, 0.4) is 0 Å². The third-order valence-electron chi connectivity index (χ3n) is 5.92. The molecule has 1 saturated heterocycles. The Bertz CT molecular complexity index is 1480. The normalized spacial score (nSPS) is 14.1. The number of hydrogen-bond acceptors (Lipinski definition) is 6. The smallest absolute Gasteiger partial charge is 0.270 e. The number of pyridine rings is 1. The number of nitrogens with one attached hydrogen (secondary N) is 2. The molecule has 4 aromatic rings. The van der Waals surface area contributed by atoms with Crippen molar-refractivity contribution in [3.05, 3.63) is 78.8 Å². The highest BCUT2D eigenvalue weighted by Crippen LogP contribution is 2.32. The summed E-state index contributed by atoms with van der Waals surface area (Å²) in [6.07, 6.45) is 3.00. The number of hydrogen-bond donors (Lipinski definition) is 2. The molecule has 9 nitrogen and oxygen atoms in total. The molecule has 2 aromatic carbocycles. The number of ether oxygens (including phenoxy) is 1. The first-order valence-electron chi connectivity index (χ1n) is 11.2. The third-order valence-corrected chi connectivity index (χ3v) is 7.34. The zero-order valence-corrected chi connectivity index (χ0v) is 20.0. The molecule has 0 saturated carbocycles. The number of carbonyl (C=O) groups excluding carboxylic acids is 1. The summed E-state index contributed by atoms with van der Waals surface area (Å²) in [7, 11) is -2.04. The highest BCUT2D eigenvalue weighted by molar-refractivity contribution is 7.92. The maximum Gasteiger partial charge on any atom is 0.270 e. The quantitative estimate of drug-likeness (QED) is 0.429. The lowest BCUT2D eigenvalue weighted by Crippen LogP contribution is -2.46. The van der Waals surface area contributed by atoms with E-state index in [1.165, 1.54) is 12.3 Å². The summed E-state index contributed by atoms with van der Waals surface area (Å²) in [6, 6.07) is 17.0. The molecule has 1 aliphatic heterocycles. The molecule has 1 fully saturated rings. The van der Waals surface area contributed by atoms with E-state index in [2.05, 4.69) is 15.0 Å². The van der Waals surface area contributed by atoms with Crippen LogP contribution in [0.5, 0.6) is 11.5 Å². The van der Waals surface area contributed by atoms with E-state index in [0.717, 1.165) is 24.0 Å². The summed E-state index contributed by atoms with van der Waals surface area (Å²) in [4.78, 5) is 18.8. The number of nitrogens with zero attached hydrogens (tertiary/aromatic N) is 3. The SMILES string of the molecule is Cn1c(C(=O)N2CCNCC2)cc2cc(Oc3ccccc3S(=O)(=O)Nc3cccnc3)ccc21. The molecule has 0 bridgehead atoms. The molecule has 5 rings (SSSR count). The minimum Gasteiger partial charge on any atom is -0.456 e. The number of benzene rings is 2. The van der Waals surface area contributed by atoms with Crippen molar-refractivity contribution in [3.63, 3.8) is 0 Å². The summed E-state index contributed by atoms with van der Waals surface area (Å²) >= 11 is 0. The lowest BCUT2D eigenvalue weighted by molar-refractivity contribution is 0.0726. The minimum absolute atomic E-state index is 0.00610. The van der Waals surface area contributed by atoms with Gasteiger partial charge in [0.25, 0.3) is 15.9 Å². The first-order valence-corrected chi connectivity index (χ1v) is 12.7. The number of aryl methyl sites for hydroxylation is 1. The number of anilines is 1. The highest BCUT2D eigenvalue weighted by Gasteiger charge is 2.23. The fraction of sp³-hybridized carbons (Fsp3) is 0.200. The number of carbonyl (C=O) groups is 1. The fourth-order valence-electron chi connectivity index (χ4n) is 4.14. The minimum atomic E-state index is -3.91. The Morgan fingerprint density at radius 1 is 1.06 bits per heavy atom. The van der Waals surface area contributed by atoms with Crippen LogP contribution in [-0.4, -0.2) is 55.0 Å². The third kappa shape index (κ3) is 4.71. The van der Waals surface area contributed by atoms with Crippen molar-refractivity contribution in [1.29, 1.82) is 0 Å². The lowest BCUT2D eigenvalue weighted by atomic mass is 10.2. The molecular formula is C25H25N5O4S. The van der Waals surface area contributed by atoms with Crippen molar-refractivity contribution >= 4 is 32.5 Å². The van der Waals surface area contributed by atoms with Crippen LogP contribution in [-0.2, 0) is 17.1 Å². The molecule has 1 amide bonds. The second-order valence-corrected chi connectivity index (χ2v) is 9.90. The second kappa shape index (κ2) is 9.40. The standard InChI is InChI=1S/C25H25N5O4S/c1-29-21-9-8-20(15-18(21)16-22(29)25(31)30-13-11-26-12-14-30)34-23-6-2-3-7-24(23)35(32,33)28-19-5-4-10-27-17-19/h2-10,15-17,26,28H,11-14H2,1H3. The van der Waals surface area contributed by atoms with Gasteiger partial charge in [-0.05, 0) is 48.5 Å². The van der Waals surface area contributed by atoms with E-state index in [9.17, 15) is 13.2 Å². The van der Waals surface area contributed by atoms with E-state index in [4.69, 9.17) is 4.74 Å². The van der Waals surface area contributed by atoms with Crippen molar-refractivity contribution in [2.75, 3.05) is 30.9 Å². The van der Waals surface area contributed by atoms with Gasteiger partial charge in [0.2, 0.25) is 0 Å². The van der Waals surface area contributed by atoms with Crippen LogP contribution in [0.2, 0.25) is 0 Å². The van der Waals surface area contributed by atoms with Crippen LogP contribution in [0.25, 0.3) is 10.9 Å². The van der Waals surface area contributed by atoms with Gasteiger partial charge in [-0.25, -0.2) is 8.42 Å².